The molecule has 0 unspecified atom stereocenters. The average Bonchev–Trinajstić information content (AvgIpc) is 3.59. The van der Waals surface area contributed by atoms with Crippen molar-refractivity contribution in [3.8, 4) is 28.3 Å². The molecule has 10 rings (SSSR count). The molecule has 0 radical (unpaired) electrons. The number of hydrogen-bond acceptors (Lipinski definition) is 1. The Morgan fingerprint density at radius 3 is 1.52 bits per heavy atom. The lowest BCUT2D eigenvalue weighted by atomic mass is 9.84. The fourth-order valence-electron chi connectivity index (χ4n) is 8.11. The first-order chi connectivity index (χ1) is 21.8. The van der Waals surface area contributed by atoms with E-state index in [1.54, 1.807) is 0 Å². The van der Waals surface area contributed by atoms with Crippen molar-refractivity contribution in [2.24, 2.45) is 0 Å². The maximum absolute atomic E-state index is 10.1. The summed E-state index contributed by atoms with van der Waals surface area (Å²) in [4.78, 5) is 0. The van der Waals surface area contributed by atoms with Gasteiger partial charge in [-0.3, -0.25) is 0 Å². The van der Waals surface area contributed by atoms with Gasteiger partial charge in [0.15, 0.2) is 0 Å². The molecule has 44 heavy (non-hydrogen) atoms. The molecule has 0 aliphatic carbocycles. The molecule has 200 valence electrons. The van der Waals surface area contributed by atoms with E-state index in [1.807, 2.05) is 6.07 Å². The first-order valence-electron chi connectivity index (χ1n) is 15.1. The second kappa shape index (κ2) is 8.54. The minimum atomic E-state index is 0.717. The van der Waals surface area contributed by atoms with Gasteiger partial charge in [0.1, 0.15) is 0 Å². The molecule has 1 nitrogen and oxygen atoms in total. The van der Waals surface area contributed by atoms with Gasteiger partial charge in [0.05, 0.1) is 11.6 Å². The highest BCUT2D eigenvalue weighted by atomic mass is 14.3. The topological polar surface area (TPSA) is 23.8 Å². The number of rotatable bonds is 2. The average molecular weight is 554 g/mol. The van der Waals surface area contributed by atoms with Crippen molar-refractivity contribution in [1.29, 1.82) is 5.26 Å². The molecular weight excluding hydrogens is 530 g/mol. The number of hydrogen-bond donors (Lipinski definition) is 0. The smallest absolute Gasteiger partial charge is 0.0998 e. The summed E-state index contributed by atoms with van der Waals surface area (Å²) in [7, 11) is 0. The summed E-state index contributed by atoms with van der Waals surface area (Å²) in [5, 5.41) is 27.6. The first kappa shape index (κ1) is 23.6. The fourth-order valence-corrected chi connectivity index (χ4v) is 8.11. The summed E-state index contributed by atoms with van der Waals surface area (Å²) in [6, 6.07) is 53.0. The van der Waals surface area contributed by atoms with Crippen LogP contribution in [0.5, 0.6) is 0 Å². The molecule has 0 saturated carbocycles. The molecule has 0 saturated heterocycles. The van der Waals surface area contributed by atoms with Crippen LogP contribution in [-0.2, 0) is 0 Å². The van der Waals surface area contributed by atoms with Crippen molar-refractivity contribution in [2.75, 3.05) is 0 Å². The second-order valence-electron chi connectivity index (χ2n) is 11.9. The molecule has 0 heterocycles. The van der Waals surface area contributed by atoms with Crippen LogP contribution in [0, 0.1) is 11.3 Å². The Bertz CT molecular complexity index is 2800. The molecule has 0 amide bonds. The molecule has 0 atom stereocenters. The highest BCUT2D eigenvalue weighted by molar-refractivity contribution is 6.44. The summed E-state index contributed by atoms with van der Waals surface area (Å²) < 4.78 is 0. The largest absolute Gasteiger partial charge is 0.192 e. The minimum Gasteiger partial charge on any atom is -0.192 e. The minimum absolute atomic E-state index is 0.717. The van der Waals surface area contributed by atoms with E-state index in [0.29, 0.717) is 5.56 Å². The van der Waals surface area contributed by atoms with Gasteiger partial charge >= 0.3 is 0 Å². The van der Waals surface area contributed by atoms with Gasteiger partial charge in [-0.25, -0.2) is 0 Å². The number of nitriles is 1. The molecule has 0 spiro atoms. The van der Waals surface area contributed by atoms with Crippen LogP contribution < -0.4 is 0 Å². The van der Waals surface area contributed by atoms with Crippen LogP contribution in [0.1, 0.15) is 5.56 Å². The zero-order valence-corrected chi connectivity index (χ0v) is 23.7. The van der Waals surface area contributed by atoms with Crippen LogP contribution >= 0.6 is 0 Å². The lowest BCUT2D eigenvalue weighted by Crippen LogP contribution is -1.91. The van der Waals surface area contributed by atoms with Crippen molar-refractivity contribution >= 4 is 75.4 Å². The highest BCUT2D eigenvalue weighted by Crippen LogP contribution is 2.54. The Balaban J connectivity index is 1.61. The van der Waals surface area contributed by atoms with E-state index in [2.05, 4.69) is 140 Å². The Labute approximate surface area is 253 Å². The van der Waals surface area contributed by atoms with Crippen molar-refractivity contribution in [2.45, 2.75) is 0 Å². The fraction of sp³-hybridized carbons (Fsp3) is 0. The van der Waals surface area contributed by atoms with Gasteiger partial charge in [0, 0.05) is 5.39 Å². The third kappa shape index (κ3) is 2.87. The predicted octanol–water partition coefficient (Wildman–Crippen LogP) is 11.8. The predicted molar refractivity (Wildman–Crippen MR) is 187 cm³/mol. The van der Waals surface area contributed by atoms with Gasteiger partial charge in [-0.1, -0.05) is 127 Å². The third-order valence-electron chi connectivity index (χ3n) is 9.76. The normalized spacial score (nSPS) is 12.1. The van der Waals surface area contributed by atoms with Crippen LogP contribution in [0.25, 0.3) is 97.7 Å². The molecular formula is C43H23N. The van der Waals surface area contributed by atoms with E-state index in [1.165, 1.54) is 92.3 Å². The monoisotopic (exact) mass is 553 g/mol. The molecule has 0 bridgehead atoms. The summed E-state index contributed by atoms with van der Waals surface area (Å²) in [6.45, 7) is 0. The van der Waals surface area contributed by atoms with Crippen molar-refractivity contribution in [1.82, 2.24) is 0 Å². The van der Waals surface area contributed by atoms with Crippen LogP contribution in [0.3, 0.4) is 0 Å². The number of fused-ring (bicyclic) bond motifs is 8. The molecule has 0 aliphatic heterocycles. The summed E-state index contributed by atoms with van der Waals surface area (Å²) in [5.74, 6) is 0. The van der Waals surface area contributed by atoms with Crippen LogP contribution in [0.4, 0.5) is 0 Å². The van der Waals surface area contributed by atoms with Gasteiger partial charge in [-0.05, 0) is 104 Å². The second-order valence-corrected chi connectivity index (χ2v) is 11.9. The summed E-state index contributed by atoms with van der Waals surface area (Å²) in [5.41, 5.74) is 5.64. The van der Waals surface area contributed by atoms with E-state index in [4.69, 9.17) is 0 Å². The van der Waals surface area contributed by atoms with Gasteiger partial charge in [0.2, 0.25) is 0 Å². The molecule has 0 N–H and O–H groups in total. The molecule has 0 aromatic heterocycles. The maximum atomic E-state index is 10.1. The Morgan fingerprint density at radius 1 is 0.318 bits per heavy atom. The Hall–Kier alpha value is -5.97. The summed E-state index contributed by atoms with van der Waals surface area (Å²) >= 11 is 0. The first-order valence-corrected chi connectivity index (χ1v) is 15.1. The van der Waals surface area contributed by atoms with Crippen molar-refractivity contribution in [3.63, 3.8) is 0 Å². The van der Waals surface area contributed by atoms with E-state index >= 15 is 0 Å². The number of benzene rings is 8. The van der Waals surface area contributed by atoms with E-state index in [0.717, 1.165) is 5.39 Å². The highest BCUT2D eigenvalue weighted by Gasteiger charge is 2.26. The maximum Gasteiger partial charge on any atom is 0.0998 e. The SMILES string of the molecule is N#Cc1ccc2c3c(-c4ccccc4)c4c(cc5c6ccccc6c6cccc4c65)c(-c4ccccc4)c3c3cccc1c32. The Kier molecular flexibility index (Phi) is 4.58. The standard InChI is InChI=1S/C43H23N/c44-24-27-21-22-34-39-28(27)17-9-20-33(39)42-37(25-11-3-1-4-12-25)36-23-35-30-16-8-7-15-29(30)31-18-10-19-32(40(31)35)41(36)38(43(34)42)26-13-5-2-6-14-26/h1-23H. The van der Waals surface area contributed by atoms with E-state index in [9.17, 15) is 5.26 Å². The molecule has 10 aromatic rings. The lowest BCUT2D eigenvalue weighted by molar-refractivity contribution is 1.51. The Morgan fingerprint density at radius 2 is 0.818 bits per heavy atom. The third-order valence-corrected chi connectivity index (χ3v) is 9.76. The van der Waals surface area contributed by atoms with Gasteiger partial charge in [-0.15, -0.1) is 0 Å². The van der Waals surface area contributed by atoms with Crippen molar-refractivity contribution in [3.05, 3.63) is 145 Å². The quantitative estimate of drug-likeness (QED) is 0.195. The molecule has 1 heteroatoms. The van der Waals surface area contributed by atoms with Gasteiger partial charge in [0.25, 0.3) is 0 Å². The molecule has 0 aliphatic rings. The summed E-state index contributed by atoms with van der Waals surface area (Å²) in [6.07, 6.45) is 0. The zero-order chi connectivity index (χ0) is 28.9. The van der Waals surface area contributed by atoms with E-state index in [-0.39, 0.29) is 0 Å². The number of nitrogens with zero attached hydrogens (tertiary/aromatic N) is 1. The van der Waals surface area contributed by atoms with E-state index < -0.39 is 0 Å². The van der Waals surface area contributed by atoms with Crippen LogP contribution in [0.2, 0.25) is 0 Å². The molecule has 10 aromatic carbocycles. The van der Waals surface area contributed by atoms with Crippen LogP contribution in [-0.4, -0.2) is 0 Å². The van der Waals surface area contributed by atoms with Crippen LogP contribution in [0.15, 0.2) is 140 Å². The van der Waals surface area contributed by atoms with Crippen molar-refractivity contribution < 1.29 is 0 Å². The molecule has 0 fully saturated rings. The lowest BCUT2D eigenvalue weighted by Gasteiger charge is -2.19. The zero-order valence-electron chi connectivity index (χ0n) is 23.7. The van der Waals surface area contributed by atoms with Gasteiger partial charge in [-0.2, -0.15) is 5.26 Å². The van der Waals surface area contributed by atoms with Gasteiger partial charge < -0.3 is 0 Å².